The highest BCUT2D eigenvalue weighted by Crippen LogP contribution is 2.34. The van der Waals surface area contributed by atoms with Gasteiger partial charge in [-0.1, -0.05) is 11.6 Å². The number of piperidine rings is 1. The van der Waals surface area contributed by atoms with E-state index < -0.39 is 0 Å². The number of aromatic nitrogens is 1. The quantitative estimate of drug-likeness (QED) is 0.690. The molecule has 4 rings (SSSR count). The normalized spacial score (nSPS) is 15.7. The molecule has 1 aromatic heterocycles. The molecule has 3 aromatic rings. The molecule has 1 saturated heterocycles. The van der Waals surface area contributed by atoms with Gasteiger partial charge in [0.25, 0.3) is 5.91 Å². The molecule has 5 heteroatoms. The summed E-state index contributed by atoms with van der Waals surface area (Å²) in [5, 5.41) is 1.90. The Morgan fingerprint density at radius 3 is 2.56 bits per heavy atom. The third-order valence-electron chi connectivity index (χ3n) is 4.99. The van der Waals surface area contributed by atoms with E-state index in [1.807, 2.05) is 23.1 Å². The molecule has 0 bridgehead atoms. The fourth-order valence-electron chi connectivity index (χ4n) is 3.62. The predicted molar refractivity (Wildman–Crippen MR) is 97.6 cm³/mol. The van der Waals surface area contributed by atoms with Gasteiger partial charge in [0.15, 0.2) is 0 Å². The first-order valence-corrected chi connectivity index (χ1v) is 8.81. The van der Waals surface area contributed by atoms with Crippen molar-refractivity contribution >= 4 is 28.4 Å². The topological polar surface area (TPSA) is 36.1 Å². The number of hydrogen-bond acceptors (Lipinski definition) is 1. The Kier molecular flexibility index (Phi) is 4.22. The first-order chi connectivity index (χ1) is 12.1. The van der Waals surface area contributed by atoms with Gasteiger partial charge in [-0.05, 0) is 66.8 Å². The Morgan fingerprint density at radius 2 is 1.84 bits per heavy atom. The third kappa shape index (κ3) is 3.14. The lowest BCUT2D eigenvalue weighted by atomic mass is 9.89. The highest BCUT2D eigenvalue weighted by molar-refractivity contribution is 6.31. The van der Waals surface area contributed by atoms with E-state index in [0.717, 1.165) is 28.8 Å². The number of carbonyl (C=O) groups excluding carboxylic acids is 1. The molecule has 0 atom stereocenters. The zero-order valence-electron chi connectivity index (χ0n) is 13.6. The van der Waals surface area contributed by atoms with E-state index in [1.165, 1.54) is 17.7 Å². The number of H-pyrrole nitrogens is 1. The molecule has 0 radical (unpaired) electrons. The minimum atomic E-state index is -0.326. The van der Waals surface area contributed by atoms with Crippen molar-refractivity contribution in [1.82, 2.24) is 9.88 Å². The lowest BCUT2D eigenvalue weighted by Gasteiger charge is -2.32. The average Bonchev–Trinajstić information content (AvgIpc) is 3.05. The molecule has 25 heavy (non-hydrogen) atoms. The Morgan fingerprint density at radius 1 is 1.12 bits per heavy atom. The number of rotatable bonds is 2. The summed E-state index contributed by atoms with van der Waals surface area (Å²) in [5.74, 6) is 0.0539. The smallest absolute Gasteiger partial charge is 0.253 e. The van der Waals surface area contributed by atoms with E-state index in [9.17, 15) is 9.18 Å². The molecule has 0 saturated carbocycles. The van der Waals surface area contributed by atoms with Gasteiger partial charge in [0.1, 0.15) is 5.82 Å². The molecule has 3 nitrogen and oxygen atoms in total. The molecule has 1 aliphatic rings. The molecule has 2 heterocycles. The second-order valence-corrected chi connectivity index (χ2v) is 6.94. The van der Waals surface area contributed by atoms with Crippen LogP contribution >= 0.6 is 11.6 Å². The van der Waals surface area contributed by atoms with Crippen LogP contribution in [0.4, 0.5) is 4.39 Å². The van der Waals surface area contributed by atoms with Crippen LogP contribution in [-0.2, 0) is 0 Å². The van der Waals surface area contributed by atoms with Crippen molar-refractivity contribution in [2.75, 3.05) is 13.1 Å². The van der Waals surface area contributed by atoms with Gasteiger partial charge in [0.2, 0.25) is 0 Å². The van der Waals surface area contributed by atoms with Crippen LogP contribution in [0.3, 0.4) is 0 Å². The predicted octanol–water partition coefficient (Wildman–Crippen LogP) is 4.98. The number of halogens is 2. The summed E-state index contributed by atoms with van der Waals surface area (Å²) in [6.07, 6.45) is 3.88. The number of benzene rings is 2. The van der Waals surface area contributed by atoms with Crippen molar-refractivity contribution < 1.29 is 9.18 Å². The zero-order chi connectivity index (χ0) is 17.4. The number of fused-ring (bicyclic) bond motifs is 1. The monoisotopic (exact) mass is 356 g/mol. The van der Waals surface area contributed by atoms with Crippen molar-refractivity contribution in [1.29, 1.82) is 0 Å². The largest absolute Gasteiger partial charge is 0.361 e. The number of carbonyl (C=O) groups is 1. The second kappa shape index (κ2) is 6.52. The first kappa shape index (κ1) is 16.2. The fourth-order valence-corrected chi connectivity index (χ4v) is 3.79. The molecule has 1 fully saturated rings. The molecule has 2 aromatic carbocycles. The maximum atomic E-state index is 13.0. The standard InChI is InChI=1S/C20H18ClFN2O/c21-15-3-6-19-17(11-15)18(12-23-19)13-7-9-24(10-8-13)20(25)14-1-4-16(22)5-2-14/h1-6,11-13,23H,7-10H2. The van der Waals surface area contributed by atoms with E-state index in [-0.39, 0.29) is 11.7 Å². The van der Waals surface area contributed by atoms with Crippen molar-refractivity contribution in [2.24, 2.45) is 0 Å². The van der Waals surface area contributed by atoms with E-state index in [0.29, 0.717) is 24.6 Å². The maximum absolute atomic E-state index is 13.0. The van der Waals surface area contributed by atoms with Crippen molar-refractivity contribution in [3.8, 4) is 0 Å². The van der Waals surface area contributed by atoms with Crippen molar-refractivity contribution in [2.45, 2.75) is 18.8 Å². The van der Waals surface area contributed by atoms with Gasteiger partial charge in [-0.25, -0.2) is 4.39 Å². The van der Waals surface area contributed by atoms with Gasteiger partial charge in [-0.2, -0.15) is 0 Å². The maximum Gasteiger partial charge on any atom is 0.253 e. The summed E-state index contributed by atoms with van der Waals surface area (Å²) in [6, 6.07) is 11.6. The number of nitrogens with zero attached hydrogens (tertiary/aromatic N) is 1. The summed E-state index contributed by atoms with van der Waals surface area (Å²) >= 11 is 6.14. The van der Waals surface area contributed by atoms with Crippen LogP contribution in [0.1, 0.15) is 34.7 Å². The minimum absolute atomic E-state index is 0.0274. The number of hydrogen-bond donors (Lipinski definition) is 1. The number of likely N-dealkylation sites (tertiary alicyclic amines) is 1. The summed E-state index contributed by atoms with van der Waals surface area (Å²) < 4.78 is 13.0. The van der Waals surface area contributed by atoms with Crippen LogP contribution in [0, 0.1) is 5.82 Å². The van der Waals surface area contributed by atoms with Gasteiger partial charge in [-0.15, -0.1) is 0 Å². The molecule has 1 amide bonds. The molecule has 1 N–H and O–H groups in total. The SMILES string of the molecule is O=C(c1ccc(F)cc1)N1CCC(c2c[nH]c3ccc(Cl)cc23)CC1. The second-order valence-electron chi connectivity index (χ2n) is 6.51. The molecule has 1 aliphatic heterocycles. The summed E-state index contributed by atoms with van der Waals surface area (Å²) in [5.41, 5.74) is 2.90. The number of nitrogens with one attached hydrogen (secondary N) is 1. The molecule has 0 spiro atoms. The average molecular weight is 357 g/mol. The Hall–Kier alpha value is -2.33. The van der Waals surface area contributed by atoms with Gasteiger partial charge in [0, 0.05) is 40.8 Å². The van der Waals surface area contributed by atoms with Crippen LogP contribution in [-0.4, -0.2) is 28.9 Å². The van der Waals surface area contributed by atoms with Gasteiger partial charge in [0.05, 0.1) is 0 Å². The Labute approximate surface area is 150 Å². The van der Waals surface area contributed by atoms with Crippen LogP contribution in [0.25, 0.3) is 10.9 Å². The summed E-state index contributed by atoms with van der Waals surface area (Å²) in [6.45, 7) is 1.40. The number of amides is 1. The Bertz CT molecular complexity index is 911. The zero-order valence-corrected chi connectivity index (χ0v) is 14.4. The van der Waals surface area contributed by atoms with E-state index in [1.54, 1.807) is 12.1 Å². The first-order valence-electron chi connectivity index (χ1n) is 8.43. The molecule has 0 unspecified atom stereocenters. The van der Waals surface area contributed by atoms with Crippen LogP contribution in [0.5, 0.6) is 0 Å². The molecule has 0 aliphatic carbocycles. The van der Waals surface area contributed by atoms with Gasteiger partial charge in [-0.3, -0.25) is 4.79 Å². The lowest BCUT2D eigenvalue weighted by Crippen LogP contribution is -2.37. The fraction of sp³-hybridized carbons (Fsp3) is 0.250. The summed E-state index contributed by atoms with van der Waals surface area (Å²) in [4.78, 5) is 17.7. The van der Waals surface area contributed by atoms with Gasteiger partial charge < -0.3 is 9.88 Å². The van der Waals surface area contributed by atoms with Crippen molar-refractivity contribution in [3.05, 3.63) is 70.6 Å². The molecule has 128 valence electrons. The van der Waals surface area contributed by atoms with E-state index in [2.05, 4.69) is 11.2 Å². The van der Waals surface area contributed by atoms with E-state index in [4.69, 9.17) is 11.6 Å². The van der Waals surface area contributed by atoms with Crippen LogP contribution in [0.2, 0.25) is 5.02 Å². The third-order valence-corrected chi connectivity index (χ3v) is 5.22. The van der Waals surface area contributed by atoms with E-state index >= 15 is 0 Å². The Balaban J connectivity index is 1.48. The van der Waals surface area contributed by atoms with Crippen LogP contribution in [0.15, 0.2) is 48.7 Å². The number of aromatic amines is 1. The minimum Gasteiger partial charge on any atom is -0.361 e. The molecular weight excluding hydrogens is 339 g/mol. The molecular formula is C20H18ClFN2O. The highest BCUT2D eigenvalue weighted by atomic mass is 35.5. The van der Waals surface area contributed by atoms with Crippen LogP contribution < -0.4 is 0 Å². The van der Waals surface area contributed by atoms with Gasteiger partial charge >= 0.3 is 0 Å². The summed E-state index contributed by atoms with van der Waals surface area (Å²) in [7, 11) is 0. The lowest BCUT2D eigenvalue weighted by molar-refractivity contribution is 0.0713. The highest BCUT2D eigenvalue weighted by Gasteiger charge is 2.26. The van der Waals surface area contributed by atoms with Crippen molar-refractivity contribution in [3.63, 3.8) is 0 Å².